The van der Waals surface area contributed by atoms with Crippen LogP contribution in [-0.2, 0) is 0 Å². The number of hydrogen-bond donors (Lipinski definition) is 0. The van der Waals surface area contributed by atoms with Crippen molar-refractivity contribution in [2.75, 3.05) is 25.1 Å². The lowest BCUT2D eigenvalue weighted by Crippen LogP contribution is -2.21. The van der Waals surface area contributed by atoms with Crippen molar-refractivity contribution in [2.24, 2.45) is 0 Å². The topological polar surface area (TPSA) is 51.1 Å². The van der Waals surface area contributed by atoms with Gasteiger partial charge in [0.2, 0.25) is 11.2 Å². The second kappa shape index (κ2) is 5.81. The molecule has 2 heterocycles. The van der Waals surface area contributed by atoms with E-state index in [0.717, 1.165) is 25.9 Å². The normalized spacial score (nSPS) is 14.5. The van der Waals surface area contributed by atoms with E-state index >= 15 is 0 Å². The van der Waals surface area contributed by atoms with Crippen molar-refractivity contribution in [3.05, 3.63) is 29.3 Å². The van der Waals surface area contributed by atoms with Gasteiger partial charge in [0.1, 0.15) is 11.6 Å². The van der Waals surface area contributed by atoms with Gasteiger partial charge in [0, 0.05) is 19.2 Å². The van der Waals surface area contributed by atoms with Gasteiger partial charge >= 0.3 is 0 Å². The molecule has 1 fully saturated rings. The molecule has 110 valence electrons. The number of benzene rings is 1. The van der Waals surface area contributed by atoms with E-state index in [4.69, 9.17) is 16.3 Å². The van der Waals surface area contributed by atoms with E-state index in [2.05, 4.69) is 15.0 Å². The number of methoxy groups -OCH3 is 1. The minimum absolute atomic E-state index is 0.0668. The van der Waals surface area contributed by atoms with Crippen LogP contribution in [0.3, 0.4) is 0 Å². The summed E-state index contributed by atoms with van der Waals surface area (Å²) in [5, 5.41) is 0.0668. The number of nitrogens with zero attached hydrogens (tertiary/aromatic N) is 4. The van der Waals surface area contributed by atoms with Gasteiger partial charge in [0.15, 0.2) is 5.82 Å². The van der Waals surface area contributed by atoms with Crippen molar-refractivity contribution in [1.82, 2.24) is 15.0 Å². The highest BCUT2D eigenvalue weighted by Gasteiger charge is 2.18. The van der Waals surface area contributed by atoms with Gasteiger partial charge in [0.25, 0.3) is 0 Å². The number of halogens is 2. The fourth-order valence-electron chi connectivity index (χ4n) is 2.32. The van der Waals surface area contributed by atoms with Crippen LogP contribution in [0.15, 0.2) is 18.2 Å². The monoisotopic (exact) mass is 308 g/mol. The summed E-state index contributed by atoms with van der Waals surface area (Å²) in [6, 6.07) is 4.53. The Bertz CT molecular complexity index is 661. The van der Waals surface area contributed by atoms with E-state index in [9.17, 15) is 4.39 Å². The molecule has 7 heteroatoms. The Morgan fingerprint density at radius 1 is 1.19 bits per heavy atom. The van der Waals surface area contributed by atoms with Crippen LogP contribution in [0.5, 0.6) is 5.75 Å². The van der Waals surface area contributed by atoms with E-state index in [-0.39, 0.29) is 16.7 Å². The SMILES string of the molecule is COc1ccc(-c2nc(Cl)nc(N3CCCC3)n2)c(F)c1. The molecule has 0 N–H and O–H groups in total. The molecule has 0 aliphatic carbocycles. The number of ether oxygens (including phenoxy) is 1. The zero-order valence-electron chi connectivity index (χ0n) is 11.5. The highest BCUT2D eigenvalue weighted by atomic mass is 35.5. The zero-order chi connectivity index (χ0) is 14.8. The van der Waals surface area contributed by atoms with E-state index < -0.39 is 5.82 Å². The second-order valence-corrected chi connectivity index (χ2v) is 5.11. The molecule has 1 saturated heterocycles. The maximum Gasteiger partial charge on any atom is 0.230 e. The molecule has 21 heavy (non-hydrogen) atoms. The van der Waals surface area contributed by atoms with Gasteiger partial charge in [-0.3, -0.25) is 0 Å². The van der Waals surface area contributed by atoms with Crippen LogP contribution >= 0.6 is 11.6 Å². The molecular weight excluding hydrogens is 295 g/mol. The van der Waals surface area contributed by atoms with Crippen LogP contribution in [0.2, 0.25) is 5.28 Å². The Morgan fingerprint density at radius 3 is 2.62 bits per heavy atom. The minimum atomic E-state index is -0.455. The third-order valence-electron chi connectivity index (χ3n) is 3.40. The van der Waals surface area contributed by atoms with Crippen molar-refractivity contribution in [3.63, 3.8) is 0 Å². The van der Waals surface area contributed by atoms with Crippen molar-refractivity contribution in [2.45, 2.75) is 12.8 Å². The van der Waals surface area contributed by atoms with E-state index in [1.807, 2.05) is 4.90 Å². The molecule has 0 saturated carbocycles. The molecule has 1 aliphatic rings. The Labute approximate surface area is 126 Å². The summed E-state index contributed by atoms with van der Waals surface area (Å²) < 4.78 is 19.1. The van der Waals surface area contributed by atoms with Crippen LogP contribution in [0.25, 0.3) is 11.4 Å². The van der Waals surface area contributed by atoms with Crippen LogP contribution < -0.4 is 9.64 Å². The molecule has 0 bridgehead atoms. The van der Waals surface area contributed by atoms with E-state index in [1.54, 1.807) is 12.1 Å². The Kier molecular flexibility index (Phi) is 3.88. The predicted molar refractivity (Wildman–Crippen MR) is 78.2 cm³/mol. The summed E-state index contributed by atoms with van der Waals surface area (Å²) in [6.45, 7) is 1.76. The highest BCUT2D eigenvalue weighted by molar-refractivity contribution is 6.28. The number of anilines is 1. The largest absolute Gasteiger partial charge is 0.497 e. The first kappa shape index (κ1) is 14.0. The molecule has 0 unspecified atom stereocenters. The molecule has 5 nitrogen and oxygen atoms in total. The summed E-state index contributed by atoms with van der Waals surface area (Å²) in [5.41, 5.74) is 0.278. The summed E-state index contributed by atoms with van der Waals surface area (Å²) in [6.07, 6.45) is 2.19. The smallest absolute Gasteiger partial charge is 0.230 e. The maximum absolute atomic E-state index is 14.1. The van der Waals surface area contributed by atoms with Crippen molar-refractivity contribution < 1.29 is 9.13 Å². The summed E-state index contributed by atoms with van der Waals surface area (Å²) >= 11 is 5.95. The highest BCUT2D eigenvalue weighted by Crippen LogP contribution is 2.26. The van der Waals surface area contributed by atoms with Gasteiger partial charge < -0.3 is 9.64 Å². The number of hydrogen-bond acceptors (Lipinski definition) is 5. The van der Waals surface area contributed by atoms with Crippen LogP contribution in [0.1, 0.15) is 12.8 Å². The number of rotatable bonds is 3. The number of aromatic nitrogens is 3. The molecule has 1 aromatic heterocycles. The van der Waals surface area contributed by atoms with Crippen molar-refractivity contribution >= 4 is 17.5 Å². The zero-order valence-corrected chi connectivity index (χ0v) is 12.3. The van der Waals surface area contributed by atoms with Crippen LogP contribution in [0, 0.1) is 5.82 Å². The van der Waals surface area contributed by atoms with Gasteiger partial charge in [-0.1, -0.05) is 0 Å². The summed E-state index contributed by atoms with van der Waals surface area (Å²) in [4.78, 5) is 14.5. The Morgan fingerprint density at radius 2 is 1.95 bits per heavy atom. The van der Waals surface area contributed by atoms with Gasteiger partial charge in [-0.25, -0.2) is 4.39 Å². The average molecular weight is 309 g/mol. The summed E-state index contributed by atoms with van der Waals surface area (Å²) in [7, 11) is 1.49. The standard InChI is InChI=1S/C14H14ClFN4O/c1-21-9-4-5-10(11(16)8-9)12-17-13(15)19-14(18-12)20-6-2-3-7-20/h4-5,8H,2-3,6-7H2,1H3. The lowest BCUT2D eigenvalue weighted by atomic mass is 10.2. The average Bonchev–Trinajstić information content (AvgIpc) is 3.00. The predicted octanol–water partition coefficient (Wildman–Crippen LogP) is 2.94. The molecule has 0 radical (unpaired) electrons. The van der Waals surface area contributed by atoms with Gasteiger partial charge in [-0.05, 0) is 36.6 Å². The molecule has 3 rings (SSSR count). The molecule has 1 aliphatic heterocycles. The van der Waals surface area contributed by atoms with Gasteiger partial charge in [0.05, 0.1) is 12.7 Å². The quantitative estimate of drug-likeness (QED) is 0.872. The molecule has 0 amide bonds. The second-order valence-electron chi connectivity index (χ2n) is 4.77. The molecule has 0 spiro atoms. The first-order chi connectivity index (χ1) is 10.2. The molecule has 1 aromatic carbocycles. The Balaban J connectivity index is 2.01. The first-order valence-corrected chi connectivity index (χ1v) is 7.05. The first-order valence-electron chi connectivity index (χ1n) is 6.68. The third kappa shape index (κ3) is 2.90. The fourth-order valence-corrected chi connectivity index (χ4v) is 2.48. The van der Waals surface area contributed by atoms with Crippen LogP contribution in [0.4, 0.5) is 10.3 Å². The summed E-state index contributed by atoms with van der Waals surface area (Å²) in [5.74, 6) is 0.718. The van der Waals surface area contributed by atoms with E-state index in [0.29, 0.717) is 11.7 Å². The lowest BCUT2D eigenvalue weighted by Gasteiger charge is -2.15. The molecule has 0 atom stereocenters. The maximum atomic E-state index is 14.1. The van der Waals surface area contributed by atoms with Crippen molar-refractivity contribution in [3.8, 4) is 17.1 Å². The van der Waals surface area contributed by atoms with Gasteiger partial charge in [-0.2, -0.15) is 15.0 Å². The van der Waals surface area contributed by atoms with Gasteiger partial charge in [-0.15, -0.1) is 0 Å². The molecular formula is C14H14ClFN4O. The Hall–Kier alpha value is -1.95. The third-order valence-corrected chi connectivity index (χ3v) is 3.57. The molecule has 2 aromatic rings. The lowest BCUT2D eigenvalue weighted by molar-refractivity contribution is 0.411. The fraction of sp³-hybridized carbons (Fsp3) is 0.357. The van der Waals surface area contributed by atoms with Crippen molar-refractivity contribution in [1.29, 1.82) is 0 Å². The minimum Gasteiger partial charge on any atom is -0.497 e. The van der Waals surface area contributed by atoms with E-state index in [1.165, 1.54) is 13.2 Å². The van der Waals surface area contributed by atoms with Crippen LogP contribution in [-0.4, -0.2) is 35.2 Å².